The van der Waals surface area contributed by atoms with Crippen LogP contribution in [0.15, 0.2) is 24.3 Å². The van der Waals surface area contributed by atoms with Crippen molar-refractivity contribution in [2.24, 2.45) is 5.92 Å². The molecule has 1 N–H and O–H groups in total. The second kappa shape index (κ2) is 7.61. The smallest absolute Gasteiger partial charge is 0.339 e. The van der Waals surface area contributed by atoms with Gasteiger partial charge in [0.2, 0.25) is 5.91 Å². The summed E-state index contributed by atoms with van der Waals surface area (Å²) in [6.45, 7) is 2.87. The first-order valence-electron chi connectivity index (χ1n) is 7.82. The van der Waals surface area contributed by atoms with E-state index in [1.54, 1.807) is 4.90 Å². The molecule has 0 saturated carbocycles. The quantitative estimate of drug-likeness (QED) is 0.852. The van der Waals surface area contributed by atoms with E-state index in [-0.39, 0.29) is 29.8 Å². The van der Waals surface area contributed by atoms with Crippen LogP contribution >= 0.6 is 12.4 Å². The Hall–Kier alpha value is -1.80. The number of amides is 2. The maximum atomic E-state index is 12.8. The van der Waals surface area contributed by atoms with Crippen molar-refractivity contribution in [1.82, 2.24) is 15.1 Å². The number of alkyl halides is 3. The molecule has 0 aromatic heterocycles. The summed E-state index contributed by atoms with van der Waals surface area (Å²) in [6, 6.07) is 4.44. The summed E-state index contributed by atoms with van der Waals surface area (Å²) in [5.41, 5.74) is -0.813. The molecule has 1 aromatic carbocycles. The molecule has 2 heterocycles. The maximum Gasteiger partial charge on any atom is 0.416 e. The standard InChI is InChI=1S/C16H18F3N3O2.ClH/c17-16(18,19)13-3-1-2-11(8-13)14(23)21-4-6-22(7-5-21)15(24)12-9-20-10-12;/h1-3,8,12,20H,4-7,9-10H2;1H. The highest BCUT2D eigenvalue weighted by Crippen LogP contribution is 2.29. The Labute approximate surface area is 149 Å². The highest BCUT2D eigenvalue weighted by molar-refractivity contribution is 5.94. The van der Waals surface area contributed by atoms with Crippen LogP contribution in [-0.2, 0) is 11.0 Å². The van der Waals surface area contributed by atoms with E-state index in [4.69, 9.17) is 0 Å². The molecule has 2 aliphatic heterocycles. The van der Waals surface area contributed by atoms with E-state index in [1.165, 1.54) is 17.0 Å². The molecule has 138 valence electrons. The summed E-state index contributed by atoms with van der Waals surface area (Å²) >= 11 is 0. The average Bonchev–Trinajstić information content (AvgIpc) is 2.52. The fraction of sp³-hybridized carbons (Fsp3) is 0.500. The highest BCUT2D eigenvalue weighted by Gasteiger charge is 2.33. The zero-order chi connectivity index (χ0) is 17.3. The van der Waals surface area contributed by atoms with E-state index < -0.39 is 17.6 Å². The molecule has 1 aromatic rings. The first-order chi connectivity index (χ1) is 11.4. The number of hydrogen-bond donors (Lipinski definition) is 1. The maximum absolute atomic E-state index is 12.8. The van der Waals surface area contributed by atoms with Crippen molar-refractivity contribution in [3.63, 3.8) is 0 Å². The molecule has 2 aliphatic rings. The number of piperazine rings is 1. The van der Waals surface area contributed by atoms with Crippen molar-refractivity contribution in [2.45, 2.75) is 6.18 Å². The monoisotopic (exact) mass is 377 g/mol. The van der Waals surface area contributed by atoms with Crippen molar-refractivity contribution in [1.29, 1.82) is 0 Å². The van der Waals surface area contributed by atoms with Crippen LogP contribution in [0.2, 0.25) is 0 Å². The van der Waals surface area contributed by atoms with Gasteiger partial charge in [0.05, 0.1) is 11.5 Å². The minimum Gasteiger partial charge on any atom is -0.339 e. The van der Waals surface area contributed by atoms with Gasteiger partial charge in [-0.05, 0) is 18.2 Å². The van der Waals surface area contributed by atoms with Crippen molar-refractivity contribution in [3.05, 3.63) is 35.4 Å². The topological polar surface area (TPSA) is 52.7 Å². The number of benzene rings is 1. The zero-order valence-electron chi connectivity index (χ0n) is 13.4. The van der Waals surface area contributed by atoms with Crippen LogP contribution in [-0.4, -0.2) is 60.9 Å². The summed E-state index contributed by atoms with van der Waals surface area (Å²) < 4.78 is 38.3. The molecule has 0 spiro atoms. The van der Waals surface area contributed by atoms with Gasteiger partial charge in [-0.2, -0.15) is 13.2 Å². The van der Waals surface area contributed by atoms with Crippen LogP contribution in [0.1, 0.15) is 15.9 Å². The van der Waals surface area contributed by atoms with Crippen LogP contribution in [0.25, 0.3) is 0 Å². The van der Waals surface area contributed by atoms with Crippen LogP contribution in [0.3, 0.4) is 0 Å². The van der Waals surface area contributed by atoms with Gasteiger partial charge in [0.1, 0.15) is 0 Å². The van der Waals surface area contributed by atoms with Gasteiger partial charge in [0.15, 0.2) is 0 Å². The zero-order valence-corrected chi connectivity index (χ0v) is 14.2. The molecule has 2 saturated heterocycles. The molecule has 2 fully saturated rings. The second-order valence-corrected chi connectivity index (χ2v) is 6.05. The number of carbonyl (C=O) groups excluding carboxylic acids is 2. The number of nitrogens with one attached hydrogen (secondary N) is 1. The fourth-order valence-corrected chi connectivity index (χ4v) is 2.86. The van der Waals surface area contributed by atoms with Gasteiger partial charge in [-0.25, -0.2) is 0 Å². The average molecular weight is 378 g/mol. The minimum absolute atomic E-state index is 0. The molecule has 2 amide bonds. The van der Waals surface area contributed by atoms with Crippen LogP contribution in [0.4, 0.5) is 13.2 Å². The van der Waals surface area contributed by atoms with Gasteiger partial charge in [-0.1, -0.05) is 6.07 Å². The summed E-state index contributed by atoms with van der Waals surface area (Å²) in [5, 5.41) is 3.04. The molecular formula is C16H19ClF3N3O2. The molecule has 0 aliphatic carbocycles. The Morgan fingerprint density at radius 3 is 2.16 bits per heavy atom. The number of hydrogen-bond acceptors (Lipinski definition) is 3. The predicted molar refractivity (Wildman–Crippen MR) is 87.5 cm³/mol. The lowest BCUT2D eigenvalue weighted by Gasteiger charge is -2.38. The van der Waals surface area contributed by atoms with E-state index in [0.717, 1.165) is 12.1 Å². The Morgan fingerprint density at radius 2 is 1.64 bits per heavy atom. The normalized spacial score (nSPS) is 18.4. The second-order valence-electron chi connectivity index (χ2n) is 6.05. The minimum atomic E-state index is -4.47. The van der Waals surface area contributed by atoms with E-state index in [2.05, 4.69) is 5.32 Å². The predicted octanol–water partition coefficient (Wildman–Crippen LogP) is 1.63. The Balaban J connectivity index is 0.00000225. The Morgan fingerprint density at radius 1 is 1.04 bits per heavy atom. The van der Waals surface area contributed by atoms with Gasteiger partial charge < -0.3 is 15.1 Å². The van der Waals surface area contributed by atoms with Gasteiger partial charge in [-0.3, -0.25) is 9.59 Å². The molecule has 3 rings (SSSR count). The van der Waals surface area contributed by atoms with E-state index in [1.807, 2.05) is 0 Å². The third-order valence-corrected chi connectivity index (χ3v) is 4.45. The number of carbonyl (C=O) groups is 2. The molecule has 5 nitrogen and oxygen atoms in total. The van der Waals surface area contributed by atoms with Crippen LogP contribution in [0.5, 0.6) is 0 Å². The van der Waals surface area contributed by atoms with Gasteiger partial charge in [-0.15, -0.1) is 12.4 Å². The molecule has 9 heteroatoms. The Bertz CT molecular complexity index is 642. The van der Waals surface area contributed by atoms with Crippen molar-refractivity contribution in [3.8, 4) is 0 Å². The summed E-state index contributed by atoms with van der Waals surface area (Å²) in [4.78, 5) is 27.8. The first kappa shape index (κ1) is 19.5. The van der Waals surface area contributed by atoms with Crippen LogP contribution in [0, 0.1) is 5.92 Å². The highest BCUT2D eigenvalue weighted by atomic mass is 35.5. The van der Waals surface area contributed by atoms with E-state index in [9.17, 15) is 22.8 Å². The lowest BCUT2D eigenvalue weighted by atomic mass is 10.0. The number of rotatable bonds is 2. The largest absolute Gasteiger partial charge is 0.416 e. The summed E-state index contributed by atoms with van der Waals surface area (Å²) in [7, 11) is 0. The van der Waals surface area contributed by atoms with Crippen molar-refractivity contribution >= 4 is 24.2 Å². The van der Waals surface area contributed by atoms with Crippen molar-refractivity contribution in [2.75, 3.05) is 39.3 Å². The molecule has 25 heavy (non-hydrogen) atoms. The van der Waals surface area contributed by atoms with E-state index >= 15 is 0 Å². The lowest BCUT2D eigenvalue weighted by Crippen LogP contribution is -2.57. The molecule has 0 bridgehead atoms. The third kappa shape index (κ3) is 4.24. The van der Waals surface area contributed by atoms with Gasteiger partial charge in [0, 0.05) is 44.8 Å². The Kier molecular flexibility index (Phi) is 5.95. The summed E-state index contributed by atoms with van der Waals surface area (Å²) in [6.07, 6.45) is -4.47. The van der Waals surface area contributed by atoms with Gasteiger partial charge >= 0.3 is 6.18 Å². The number of halogens is 4. The SMILES string of the molecule is Cl.O=C(c1cccc(C(F)(F)F)c1)N1CCN(C(=O)C2CNC2)CC1. The van der Waals surface area contributed by atoms with Gasteiger partial charge in [0.25, 0.3) is 5.91 Å². The molecule has 0 atom stereocenters. The molecular weight excluding hydrogens is 359 g/mol. The number of nitrogens with zero attached hydrogens (tertiary/aromatic N) is 2. The molecule has 0 unspecified atom stereocenters. The summed E-state index contributed by atoms with van der Waals surface area (Å²) in [5.74, 6) is -0.339. The fourth-order valence-electron chi connectivity index (χ4n) is 2.86. The third-order valence-electron chi connectivity index (χ3n) is 4.45. The van der Waals surface area contributed by atoms with Crippen LogP contribution < -0.4 is 5.32 Å². The molecule has 0 radical (unpaired) electrons. The van der Waals surface area contributed by atoms with E-state index in [0.29, 0.717) is 39.3 Å². The van der Waals surface area contributed by atoms with Crippen molar-refractivity contribution < 1.29 is 22.8 Å². The first-order valence-corrected chi connectivity index (χ1v) is 7.82. The lowest BCUT2D eigenvalue weighted by molar-refractivity contribution is -0.139.